The van der Waals surface area contributed by atoms with E-state index in [1.54, 1.807) is 28.6 Å². The molecule has 6 heteroatoms. The van der Waals surface area contributed by atoms with Crippen LogP contribution in [0.1, 0.15) is 32.1 Å². The Labute approximate surface area is 141 Å². The van der Waals surface area contributed by atoms with Gasteiger partial charge in [0.05, 0.1) is 4.90 Å². The molecule has 2 heterocycles. The minimum absolute atomic E-state index is 0.395. The van der Waals surface area contributed by atoms with Gasteiger partial charge in [-0.2, -0.15) is 4.31 Å². The molecule has 0 aromatic heterocycles. The van der Waals surface area contributed by atoms with Crippen molar-refractivity contribution < 1.29 is 8.42 Å². The Kier molecular flexibility index (Phi) is 5.22. The molecule has 0 atom stereocenters. The third kappa shape index (κ3) is 3.55. The largest absolute Gasteiger partial charge is 0.300 e. The Hall–Kier alpha value is -0.430. The first-order chi connectivity index (χ1) is 10.6. The number of piperidine rings is 2. The van der Waals surface area contributed by atoms with E-state index >= 15 is 0 Å². The van der Waals surface area contributed by atoms with Crippen LogP contribution in [0.3, 0.4) is 0 Å². The maximum absolute atomic E-state index is 12.7. The topological polar surface area (TPSA) is 40.6 Å². The van der Waals surface area contributed by atoms with Gasteiger partial charge < -0.3 is 4.90 Å². The van der Waals surface area contributed by atoms with Crippen LogP contribution in [0.25, 0.3) is 0 Å². The highest BCUT2D eigenvalue weighted by Gasteiger charge is 2.31. The number of sulfonamides is 1. The van der Waals surface area contributed by atoms with Crippen LogP contribution in [-0.2, 0) is 10.0 Å². The number of hydrogen-bond acceptors (Lipinski definition) is 3. The van der Waals surface area contributed by atoms with E-state index in [-0.39, 0.29) is 0 Å². The molecule has 0 spiro atoms. The van der Waals surface area contributed by atoms with Gasteiger partial charge in [-0.3, -0.25) is 0 Å². The second-order valence-corrected chi connectivity index (χ2v) is 9.04. The molecule has 0 saturated carbocycles. The highest BCUT2D eigenvalue weighted by molar-refractivity contribution is 9.10. The number of likely N-dealkylation sites (tertiary alicyclic amines) is 1. The lowest BCUT2D eigenvalue weighted by atomic mass is 10.0. The van der Waals surface area contributed by atoms with Crippen LogP contribution in [-0.4, -0.2) is 49.8 Å². The van der Waals surface area contributed by atoms with Crippen LogP contribution in [0, 0.1) is 0 Å². The third-order valence-corrected chi connectivity index (χ3v) is 7.22. The normalized spacial score (nSPS) is 22.8. The lowest BCUT2D eigenvalue weighted by Crippen LogP contribution is -2.48. The Morgan fingerprint density at radius 2 is 1.50 bits per heavy atom. The summed E-state index contributed by atoms with van der Waals surface area (Å²) in [7, 11) is -3.34. The Balaban J connectivity index is 1.63. The van der Waals surface area contributed by atoms with E-state index in [4.69, 9.17) is 0 Å². The number of benzene rings is 1. The molecule has 2 fully saturated rings. The van der Waals surface area contributed by atoms with Gasteiger partial charge in [0.2, 0.25) is 10.0 Å². The first kappa shape index (κ1) is 16.4. The van der Waals surface area contributed by atoms with Crippen LogP contribution >= 0.6 is 15.9 Å². The Morgan fingerprint density at radius 1 is 0.909 bits per heavy atom. The quantitative estimate of drug-likeness (QED) is 0.801. The summed E-state index contributed by atoms with van der Waals surface area (Å²) in [6, 6.07) is 7.49. The number of nitrogens with zero attached hydrogens (tertiary/aromatic N) is 2. The van der Waals surface area contributed by atoms with E-state index < -0.39 is 10.0 Å². The van der Waals surface area contributed by atoms with E-state index in [1.165, 1.54) is 32.4 Å². The van der Waals surface area contributed by atoms with Crippen molar-refractivity contribution in [3.63, 3.8) is 0 Å². The summed E-state index contributed by atoms with van der Waals surface area (Å²) in [5.41, 5.74) is 0. The van der Waals surface area contributed by atoms with Crippen molar-refractivity contribution >= 4 is 26.0 Å². The molecular weight excluding hydrogens is 364 g/mol. The molecular formula is C16H23BrN2O2S. The van der Waals surface area contributed by atoms with Crippen molar-refractivity contribution in [3.05, 3.63) is 28.7 Å². The van der Waals surface area contributed by atoms with E-state index in [2.05, 4.69) is 20.8 Å². The maximum atomic E-state index is 12.7. The Bertz CT molecular complexity index is 589. The first-order valence-electron chi connectivity index (χ1n) is 8.07. The average molecular weight is 387 g/mol. The maximum Gasteiger partial charge on any atom is 0.243 e. The molecule has 0 bridgehead atoms. The fourth-order valence-corrected chi connectivity index (χ4v) is 5.22. The second kappa shape index (κ2) is 6.99. The van der Waals surface area contributed by atoms with Crippen LogP contribution in [0.2, 0.25) is 0 Å². The summed E-state index contributed by atoms with van der Waals surface area (Å²) in [6.45, 7) is 3.65. The minimum Gasteiger partial charge on any atom is -0.300 e. The number of hydrogen-bond donors (Lipinski definition) is 0. The van der Waals surface area contributed by atoms with Crippen molar-refractivity contribution in [1.29, 1.82) is 0 Å². The summed E-state index contributed by atoms with van der Waals surface area (Å²) < 4.78 is 27.9. The first-order valence-corrected chi connectivity index (χ1v) is 10.3. The van der Waals surface area contributed by atoms with Gasteiger partial charge in [0.1, 0.15) is 0 Å². The van der Waals surface area contributed by atoms with Gasteiger partial charge in [-0.05, 0) is 63.0 Å². The molecule has 4 nitrogen and oxygen atoms in total. The molecule has 0 aliphatic carbocycles. The summed E-state index contributed by atoms with van der Waals surface area (Å²) in [5.74, 6) is 0. The smallest absolute Gasteiger partial charge is 0.243 e. The van der Waals surface area contributed by atoms with Crippen LogP contribution in [0.15, 0.2) is 33.6 Å². The predicted octanol–water partition coefficient (Wildman–Crippen LogP) is 3.09. The number of halogens is 1. The van der Waals surface area contributed by atoms with Gasteiger partial charge in [0, 0.05) is 23.6 Å². The monoisotopic (exact) mass is 386 g/mol. The molecule has 2 saturated heterocycles. The highest BCUT2D eigenvalue weighted by Crippen LogP contribution is 2.25. The zero-order valence-electron chi connectivity index (χ0n) is 12.7. The zero-order valence-corrected chi connectivity index (χ0v) is 15.2. The summed E-state index contributed by atoms with van der Waals surface area (Å²) in [5, 5.41) is 0. The van der Waals surface area contributed by atoms with Gasteiger partial charge in [-0.1, -0.05) is 22.4 Å². The Morgan fingerprint density at radius 3 is 2.09 bits per heavy atom. The van der Waals surface area contributed by atoms with E-state index in [1.807, 2.05) is 0 Å². The van der Waals surface area contributed by atoms with Crippen molar-refractivity contribution in [2.75, 3.05) is 26.2 Å². The third-order valence-electron chi connectivity index (χ3n) is 4.78. The predicted molar refractivity (Wildman–Crippen MR) is 91.3 cm³/mol. The lowest BCUT2D eigenvalue weighted by Gasteiger charge is -2.39. The van der Waals surface area contributed by atoms with Crippen molar-refractivity contribution in [2.45, 2.75) is 43.0 Å². The molecule has 0 unspecified atom stereocenters. The average Bonchev–Trinajstić information content (AvgIpc) is 2.56. The molecule has 1 aromatic carbocycles. The molecule has 122 valence electrons. The standard InChI is InChI=1S/C16H23BrN2O2S/c17-14-4-6-16(7-5-14)22(20,21)19-12-8-15(9-13-19)18-10-2-1-3-11-18/h4-7,15H,1-3,8-13H2. The van der Waals surface area contributed by atoms with Gasteiger partial charge >= 0.3 is 0 Å². The van der Waals surface area contributed by atoms with E-state index in [9.17, 15) is 8.42 Å². The minimum atomic E-state index is -3.34. The van der Waals surface area contributed by atoms with Crippen LogP contribution < -0.4 is 0 Å². The molecule has 22 heavy (non-hydrogen) atoms. The van der Waals surface area contributed by atoms with Crippen molar-refractivity contribution in [2.24, 2.45) is 0 Å². The summed E-state index contributed by atoms with van der Waals surface area (Å²) in [6.07, 6.45) is 5.83. The SMILES string of the molecule is O=S(=O)(c1ccc(Br)cc1)N1CCC(N2CCCCC2)CC1. The lowest BCUT2D eigenvalue weighted by molar-refractivity contribution is 0.118. The van der Waals surface area contributed by atoms with Gasteiger partial charge in [-0.25, -0.2) is 8.42 Å². The molecule has 2 aliphatic rings. The van der Waals surface area contributed by atoms with E-state index in [0.29, 0.717) is 24.0 Å². The molecule has 0 N–H and O–H groups in total. The van der Waals surface area contributed by atoms with Gasteiger partial charge in [-0.15, -0.1) is 0 Å². The molecule has 0 radical (unpaired) electrons. The summed E-state index contributed by atoms with van der Waals surface area (Å²) in [4.78, 5) is 2.96. The van der Waals surface area contributed by atoms with Gasteiger partial charge in [0.25, 0.3) is 0 Å². The fourth-order valence-electron chi connectivity index (χ4n) is 3.49. The molecule has 0 amide bonds. The highest BCUT2D eigenvalue weighted by atomic mass is 79.9. The molecule has 2 aliphatic heterocycles. The summed E-state index contributed by atoms with van der Waals surface area (Å²) >= 11 is 3.35. The van der Waals surface area contributed by atoms with Crippen LogP contribution in [0.5, 0.6) is 0 Å². The molecule has 3 rings (SSSR count). The molecule has 1 aromatic rings. The fraction of sp³-hybridized carbons (Fsp3) is 0.625. The number of rotatable bonds is 3. The van der Waals surface area contributed by atoms with E-state index in [0.717, 1.165) is 17.3 Å². The van der Waals surface area contributed by atoms with Crippen LogP contribution in [0.4, 0.5) is 0 Å². The van der Waals surface area contributed by atoms with Gasteiger partial charge in [0.15, 0.2) is 0 Å². The van der Waals surface area contributed by atoms with Crippen molar-refractivity contribution in [3.8, 4) is 0 Å². The second-order valence-electron chi connectivity index (χ2n) is 6.19. The zero-order chi connectivity index (χ0) is 15.6. The van der Waals surface area contributed by atoms with Crippen molar-refractivity contribution in [1.82, 2.24) is 9.21 Å².